The molecule has 0 aliphatic rings. The summed E-state index contributed by atoms with van der Waals surface area (Å²) >= 11 is 6.02. The third-order valence-corrected chi connectivity index (χ3v) is 2.89. The summed E-state index contributed by atoms with van der Waals surface area (Å²) in [4.78, 5) is 11.7. The Morgan fingerprint density at radius 2 is 2.25 bits per heavy atom. The van der Waals surface area contributed by atoms with E-state index < -0.39 is 0 Å². The zero-order chi connectivity index (χ0) is 11.7. The van der Waals surface area contributed by atoms with Crippen LogP contribution in [0.3, 0.4) is 0 Å². The number of nitrogens with zero attached hydrogens (tertiary/aromatic N) is 1. The van der Waals surface area contributed by atoms with E-state index >= 15 is 0 Å². The predicted octanol–water partition coefficient (Wildman–Crippen LogP) is 3.01. The highest BCUT2D eigenvalue weighted by molar-refractivity contribution is 6.31. The van der Waals surface area contributed by atoms with Gasteiger partial charge in [0, 0.05) is 18.0 Å². The number of benzene rings is 1. The quantitative estimate of drug-likeness (QED) is 0.752. The first-order valence-corrected chi connectivity index (χ1v) is 5.44. The van der Waals surface area contributed by atoms with Crippen molar-refractivity contribution in [3.8, 4) is 0 Å². The van der Waals surface area contributed by atoms with Gasteiger partial charge in [0.1, 0.15) is 5.15 Å². The third-order valence-electron chi connectivity index (χ3n) is 2.52. The number of rotatable bonds is 2. The number of hydrogen-bond acceptors (Lipinski definition) is 2. The van der Waals surface area contributed by atoms with Crippen LogP contribution in [0.1, 0.15) is 17.3 Å². The van der Waals surface area contributed by atoms with Gasteiger partial charge in [0.05, 0.1) is 12.2 Å². The summed E-state index contributed by atoms with van der Waals surface area (Å²) in [6.07, 6.45) is 0. The molecule has 0 aliphatic heterocycles. The molecule has 0 unspecified atom stereocenters. The molecular formula is C12H12ClNO2. The zero-order valence-corrected chi connectivity index (χ0v) is 9.91. The predicted molar refractivity (Wildman–Crippen MR) is 63.9 cm³/mol. The Bertz CT molecular complexity index is 545. The van der Waals surface area contributed by atoms with Crippen molar-refractivity contribution in [3.63, 3.8) is 0 Å². The molecular weight excluding hydrogens is 226 g/mol. The second-order valence-corrected chi connectivity index (χ2v) is 3.87. The Balaban J connectivity index is 2.62. The van der Waals surface area contributed by atoms with E-state index in [1.54, 1.807) is 19.1 Å². The van der Waals surface area contributed by atoms with Crippen molar-refractivity contribution < 1.29 is 9.53 Å². The van der Waals surface area contributed by atoms with E-state index in [1.807, 2.05) is 23.7 Å². The van der Waals surface area contributed by atoms with Gasteiger partial charge in [-0.25, -0.2) is 4.79 Å². The number of hydrogen-bond donors (Lipinski definition) is 0. The van der Waals surface area contributed by atoms with Gasteiger partial charge in [-0.15, -0.1) is 0 Å². The van der Waals surface area contributed by atoms with Gasteiger partial charge in [-0.1, -0.05) is 17.7 Å². The fraction of sp³-hybridized carbons (Fsp3) is 0.250. The number of fused-ring (bicyclic) bond motifs is 1. The van der Waals surface area contributed by atoms with Crippen LogP contribution in [0, 0.1) is 0 Å². The standard InChI is InChI=1S/C12H12ClNO2/c1-3-16-12(15)8-5-4-6-10-9(8)7-11(13)14(10)2/h4-7H,3H2,1-2H3. The number of esters is 1. The van der Waals surface area contributed by atoms with Crippen LogP contribution in [-0.2, 0) is 11.8 Å². The zero-order valence-electron chi connectivity index (χ0n) is 9.16. The molecule has 2 aromatic rings. The highest BCUT2D eigenvalue weighted by Gasteiger charge is 2.13. The van der Waals surface area contributed by atoms with Crippen molar-refractivity contribution in [2.45, 2.75) is 6.92 Å². The Labute approximate surface area is 98.6 Å². The second kappa shape index (κ2) is 4.18. The molecule has 0 fully saturated rings. The van der Waals surface area contributed by atoms with E-state index in [1.165, 1.54) is 0 Å². The summed E-state index contributed by atoms with van der Waals surface area (Å²) < 4.78 is 6.83. The van der Waals surface area contributed by atoms with Gasteiger partial charge in [-0.05, 0) is 25.1 Å². The van der Waals surface area contributed by atoms with Crippen LogP contribution in [0.25, 0.3) is 10.9 Å². The largest absolute Gasteiger partial charge is 0.462 e. The first kappa shape index (κ1) is 11.0. The molecule has 0 atom stereocenters. The third kappa shape index (κ3) is 1.67. The van der Waals surface area contributed by atoms with Crippen molar-refractivity contribution >= 4 is 28.5 Å². The Hall–Kier alpha value is -1.48. The molecule has 84 valence electrons. The number of aromatic nitrogens is 1. The number of halogens is 1. The lowest BCUT2D eigenvalue weighted by atomic mass is 10.1. The molecule has 1 heterocycles. The fourth-order valence-electron chi connectivity index (χ4n) is 1.72. The number of ether oxygens (including phenoxy) is 1. The minimum atomic E-state index is -0.310. The van der Waals surface area contributed by atoms with Crippen LogP contribution in [0.4, 0.5) is 0 Å². The summed E-state index contributed by atoms with van der Waals surface area (Å²) in [5.41, 5.74) is 1.48. The smallest absolute Gasteiger partial charge is 0.338 e. The molecule has 0 bridgehead atoms. The van der Waals surface area contributed by atoms with Gasteiger partial charge < -0.3 is 9.30 Å². The lowest BCUT2D eigenvalue weighted by molar-refractivity contribution is 0.0528. The summed E-state index contributed by atoms with van der Waals surface area (Å²) in [5, 5.41) is 1.43. The van der Waals surface area contributed by atoms with E-state index in [-0.39, 0.29) is 5.97 Å². The Morgan fingerprint density at radius 1 is 1.50 bits per heavy atom. The topological polar surface area (TPSA) is 31.2 Å². The molecule has 3 nitrogen and oxygen atoms in total. The number of aryl methyl sites for hydroxylation is 1. The molecule has 1 aromatic heterocycles. The Kier molecular flexibility index (Phi) is 2.88. The lowest BCUT2D eigenvalue weighted by Gasteiger charge is -2.03. The average molecular weight is 238 g/mol. The molecule has 2 rings (SSSR count). The second-order valence-electron chi connectivity index (χ2n) is 3.48. The van der Waals surface area contributed by atoms with Crippen molar-refractivity contribution in [1.29, 1.82) is 0 Å². The van der Waals surface area contributed by atoms with Gasteiger partial charge in [0.2, 0.25) is 0 Å². The Morgan fingerprint density at radius 3 is 2.94 bits per heavy atom. The molecule has 0 N–H and O–H groups in total. The maximum absolute atomic E-state index is 11.7. The van der Waals surface area contributed by atoms with Crippen LogP contribution in [-0.4, -0.2) is 17.1 Å². The molecule has 4 heteroatoms. The highest BCUT2D eigenvalue weighted by atomic mass is 35.5. The minimum absolute atomic E-state index is 0.310. The summed E-state index contributed by atoms with van der Waals surface area (Å²) in [6.45, 7) is 2.16. The van der Waals surface area contributed by atoms with E-state index in [9.17, 15) is 4.79 Å². The van der Waals surface area contributed by atoms with Crippen LogP contribution >= 0.6 is 11.6 Å². The maximum atomic E-state index is 11.7. The van der Waals surface area contributed by atoms with E-state index in [0.717, 1.165) is 10.9 Å². The molecule has 0 saturated heterocycles. The van der Waals surface area contributed by atoms with E-state index in [2.05, 4.69) is 0 Å². The summed E-state index contributed by atoms with van der Waals surface area (Å²) in [5.74, 6) is -0.310. The molecule has 0 spiro atoms. The van der Waals surface area contributed by atoms with Gasteiger partial charge in [0.25, 0.3) is 0 Å². The average Bonchev–Trinajstić information content (AvgIpc) is 2.55. The fourth-order valence-corrected chi connectivity index (χ4v) is 1.92. The summed E-state index contributed by atoms with van der Waals surface area (Å²) in [6, 6.07) is 7.27. The minimum Gasteiger partial charge on any atom is -0.462 e. The summed E-state index contributed by atoms with van der Waals surface area (Å²) in [7, 11) is 1.86. The first-order chi connectivity index (χ1) is 7.65. The van der Waals surface area contributed by atoms with Gasteiger partial charge in [-0.3, -0.25) is 0 Å². The highest BCUT2D eigenvalue weighted by Crippen LogP contribution is 2.25. The first-order valence-electron chi connectivity index (χ1n) is 5.06. The molecule has 0 saturated carbocycles. The monoisotopic (exact) mass is 237 g/mol. The van der Waals surface area contributed by atoms with Crippen LogP contribution in [0.15, 0.2) is 24.3 Å². The molecule has 0 radical (unpaired) electrons. The molecule has 1 aromatic carbocycles. The molecule has 16 heavy (non-hydrogen) atoms. The maximum Gasteiger partial charge on any atom is 0.338 e. The van der Waals surface area contributed by atoms with E-state index in [4.69, 9.17) is 16.3 Å². The van der Waals surface area contributed by atoms with Crippen LogP contribution in [0.2, 0.25) is 5.15 Å². The van der Waals surface area contributed by atoms with Crippen LogP contribution < -0.4 is 0 Å². The molecule has 0 amide bonds. The van der Waals surface area contributed by atoms with Crippen molar-refractivity contribution in [3.05, 3.63) is 35.0 Å². The molecule has 0 aliphatic carbocycles. The SMILES string of the molecule is CCOC(=O)c1cccc2c1cc(Cl)n2C. The lowest BCUT2D eigenvalue weighted by Crippen LogP contribution is -2.04. The van der Waals surface area contributed by atoms with Crippen molar-refractivity contribution in [1.82, 2.24) is 4.57 Å². The van der Waals surface area contributed by atoms with E-state index in [0.29, 0.717) is 17.3 Å². The van der Waals surface area contributed by atoms with Gasteiger partial charge in [-0.2, -0.15) is 0 Å². The normalized spacial score (nSPS) is 10.7. The van der Waals surface area contributed by atoms with Crippen molar-refractivity contribution in [2.75, 3.05) is 6.61 Å². The van der Waals surface area contributed by atoms with Crippen molar-refractivity contribution in [2.24, 2.45) is 7.05 Å². The van der Waals surface area contributed by atoms with Gasteiger partial charge in [0.15, 0.2) is 0 Å². The van der Waals surface area contributed by atoms with Crippen LogP contribution in [0.5, 0.6) is 0 Å². The number of carbonyl (C=O) groups is 1. The van der Waals surface area contributed by atoms with Gasteiger partial charge >= 0.3 is 5.97 Å². The number of carbonyl (C=O) groups excluding carboxylic acids is 1.